The van der Waals surface area contributed by atoms with Crippen LogP contribution in [-0.2, 0) is 16.0 Å². The Labute approximate surface area is 151 Å². The Bertz CT molecular complexity index is 682. The molecule has 0 spiro atoms. The van der Waals surface area contributed by atoms with Gasteiger partial charge in [-0.25, -0.2) is 4.79 Å². The highest BCUT2D eigenvalue weighted by Gasteiger charge is 2.42. The molecule has 1 amide bonds. The quantitative estimate of drug-likeness (QED) is 0.613. The van der Waals surface area contributed by atoms with Crippen molar-refractivity contribution in [3.63, 3.8) is 0 Å². The Morgan fingerprint density at radius 1 is 1.33 bits per heavy atom. The van der Waals surface area contributed by atoms with Gasteiger partial charge in [-0.3, -0.25) is 9.69 Å². The van der Waals surface area contributed by atoms with Crippen molar-refractivity contribution in [1.82, 2.24) is 4.90 Å². The molecule has 2 unspecified atom stereocenters. The highest BCUT2D eigenvalue weighted by molar-refractivity contribution is 8.26. The van der Waals surface area contributed by atoms with E-state index >= 15 is 0 Å². The Hall–Kier alpha value is -1.66. The number of amides is 1. The molecule has 2 atom stereocenters. The summed E-state index contributed by atoms with van der Waals surface area (Å²) >= 11 is 6.44. The van der Waals surface area contributed by atoms with Gasteiger partial charge in [-0.05, 0) is 29.5 Å². The number of benzene rings is 1. The van der Waals surface area contributed by atoms with Crippen molar-refractivity contribution in [1.29, 1.82) is 0 Å². The Morgan fingerprint density at radius 3 is 2.46 bits per heavy atom. The van der Waals surface area contributed by atoms with Gasteiger partial charge in [0.25, 0.3) is 5.91 Å². The maximum Gasteiger partial charge on any atom is 0.327 e. The second-order valence-electron chi connectivity index (χ2n) is 5.82. The lowest BCUT2D eigenvalue weighted by molar-refractivity contribution is -0.147. The summed E-state index contributed by atoms with van der Waals surface area (Å²) in [6.07, 6.45) is 3.39. The molecule has 0 bridgehead atoms. The Kier molecular flexibility index (Phi) is 6.18. The van der Waals surface area contributed by atoms with Crippen LogP contribution >= 0.6 is 24.0 Å². The van der Waals surface area contributed by atoms with Crippen LogP contribution in [0.5, 0.6) is 0 Å². The predicted octanol–water partition coefficient (Wildman–Crippen LogP) is 3.95. The molecule has 24 heavy (non-hydrogen) atoms. The monoisotopic (exact) mass is 363 g/mol. The number of carboxylic acids is 1. The van der Waals surface area contributed by atoms with Gasteiger partial charge >= 0.3 is 5.97 Å². The van der Waals surface area contributed by atoms with Crippen LogP contribution in [0.4, 0.5) is 0 Å². The summed E-state index contributed by atoms with van der Waals surface area (Å²) in [6, 6.07) is 7.02. The molecule has 0 saturated carbocycles. The predicted molar refractivity (Wildman–Crippen MR) is 102 cm³/mol. The molecule has 2 rings (SSSR count). The van der Waals surface area contributed by atoms with Crippen molar-refractivity contribution in [2.75, 3.05) is 0 Å². The van der Waals surface area contributed by atoms with Crippen molar-refractivity contribution in [2.45, 2.75) is 39.7 Å². The van der Waals surface area contributed by atoms with Gasteiger partial charge in [0, 0.05) is 0 Å². The zero-order valence-electron chi connectivity index (χ0n) is 14.0. The number of carbonyl (C=O) groups excluding carboxylic acids is 1. The largest absolute Gasteiger partial charge is 0.480 e. The van der Waals surface area contributed by atoms with Crippen LogP contribution in [0.2, 0.25) is 0 Å². The number of carboxylic acid groups (broad SMARTS) is 1. The van der Waals surface area contributed by atoms with E-state index in [-0.39, 0.29) is 11.8 Å². The van der Waals surface area contributed by atoms with Crippen molar-refractivity contribution < 1.29 is 14.7 Å². The third-order valence-corrected chi connectivity index (χ3v) is 5.55. The second kappa shape index (κ2) is 7.94. The molecule has 1 aliphatic rings. The topological polar surface area (TPSA) is 57.6 Å². The molecule has 0 aliphatic carbocycles. The van der Waals surface area contributed by atoms with Crippen LogP contribution in [0.15, 0.2) is 29.2 Å². The van der Waals surface area contributed by atoms with Crippen molar-refractivity contribution in [3.05, 3.63) is 40.3 Å². The Balaban J connectivity index is 2.29. The molecular formula is C18H21NO3S2. The van der Waals surface area contributed by atoms with Crippen LogP contribution in [-0.4, -0.2) is 32.2 Å². The van der Waals surface area contributed by atoms with Crippen molar-refractivity contribution in [3.8, 4) is 0 Å². The van der Waals surface area contributed by atoms with Crippen molar-refractivity contribution in [2.24, 2.45) is 5.92 Å². The summed E-state index contributed by atoms with van der Waals surface area (Å²) in [6.45, 7) is 5.81. The molecule has 1 saturated heterocycles. The van der Waals surface area contributed by atoms with Gasteiger partial charge in [-0.1, -0.05) is 75.4 Å². The Morgan fingerprint density at radius 2 is 1.96 bits per heavy atom. The molecule has 0 aromatic heterocycles. The lowest BCUT2D eigenvalue weighted by Gasteiger charge is -2.27. The summed E-state index contributed by atoms with van der Waals surface area (Å²) in [7, 11) is 0. The summed E-state index contributed by atoms with van der Waals surface area (Å²) in [5, 5.41) is 9.52. The van der Waals surface area contributed by atoms with E-state index in [1.165, 1.54) is 22.2 Å². The summed E-state index contributed by atoms with van der Waals surface area (Å²) in [5.74, 6) is -1.51. The van der Waals surface area contributed by atoms with E-state index in [0.717, 1.165) is 12.0 Å². The van der Waals surface area contributed by atoms with Crippen LogP contribution < -0.4 is 0 Å². The fraction of sp³-hybridized carbons (Fsp3) is 0.389. The second-order valence-corrected chi connectivity index (χ2v) is 7.49. The van der Waals surface area contributed by atoms with E-state index in [4.69, 9.17) is 12.2 Å². The van der Waals surface area contributed by atoms with Gasteiger partial charge < -0.3 is 5.11 Å². The minimum absolute atomic E-state index is 0.173. The summed E-state index contributed by atoms with van der Waals surface area (Å²) in [4.78, 5) is 26.1. The van der Waals surface area contributed by atoms with E-state index < -0.39 is 12.0 Å². The molecule has 0 radical (unpaired) electrons. The third-order valence-electron chi connectivity index (χ3n) is 4.22. The number of carbonyl (C=O) groups is 2. The molecular weight excluding hydrogens is 342 g/mol. The third kappa shape index (κ3) is 3.87. The molecule has 1 heterocycles. The average molecular weight is 364 g/mol. The minimum atomic E-state index is -1.02. The molecule has 1 aromatic rings. The van der Waals surface area contributed by atoms with Gasteiger partial charge in [0.2, 0.25) is 0 Å². The number of hydrogen-bond acceptors (Lipinski definition) is 4. The number of aryl methyl sites for hydroxylation is 1. The number of aliphatic carboxylic acids is 1. The minimum Gasteiger partial charge on any atom is -0.480 e. The smallest absolute Gasteiger partial charge is 0.327 e. The zero-order valence-corrected chi connectivity index (χ0v) is 15.6. The number of thioether (sulfide) groups is 1. The lowest BCUT2D eigenvalue weighted by atomic mass is 9.98. The molecule has 1 aliphatic heterocycles. The first-order valence-corrected chi connectivity index (χ1v) is 9.20. The van der Waals surface area contributed by atoms with E-state index in [2.05, 4.69) is 6.92 Å². The van der Waals surface area contributed by atoms with Gasteiger partial charge in [0.1, 0.15) is 10.4 Å². The maximum absolute atomic E-state index is 12.7. The van der Waals surface area contributed by atoms with E-state index in [0.29, 0.717) is 15.6 Å². The first kappa shape index (κ1) is 18.7. The first-order chi connectivity index (χ1) is 11.4. The summed E-state index contributed by atoms with van der Waals surface area (Å²) in [5.41, 5.74) is 2.13. The maximum atomic E-state index is 12.7. The van der Waals surface area contributed by atoms with Gasteiger partial charge in [-0.2, -0.15) is 0 Å². The number of hydrogen-bond donors (Lipinski definition) is 1. The number of nitrogens with zero attached hydrogens (tertiary/aromatic N) is 1. The zero-order chi connectivity index (χ0) is 17.9. The molecule has 128 valence electrons. The molecule has 1 fully saturated rings. The average Bonchev–Trinajstić information content (AvgIpc) is 2.83. The standard InChI is InChI=1S/C18H21NO3S2/c1-4-11(3)15(17(21)22)19-16(20)14(24-18(19)23)10-13-8-6-12(5-2)7-9-13/h6-11,15H,4-5H2,1-3H3,(H,21,22)/b14-10-. The van der Waals surface area contributed by atoms with Crippen LogP contribution in [0, 0.1) is 5.92 Å². The van der Waals surface area contributed by atoms with Gasteiger partial charge in [-0.15, -0.1) is 0 Å². The first-order valence-electron chi connectivity index (χ1n) is 7.97. The van der Waals surface area contributed by atoms with Crippen LogP contribution in [0.25, 0.3) is 6.08 Å². The highest BCUT2D eigenvalue weighted by atomic mass is 32.2. The summed E-state index contributed by atoms with van der Waals surface area (Å²) < 4.78 is 0.309. The van der Waals surface area contributed by atoms with Gasteiger partial charge in [0.15, 0.2) is 0 Å². The normalized spacial score (nSPS) is 19.0. The van der Waals surface area contributed by atoms with Crippen LogP contribution in [0.3, 0.4) is 0 Å². The molecule has 1 aromatic carbocycles. The highest BCUT2D eigenvalue weighted by Crippen LogP contribution is 2.36. The number of thiocarbonyl (C=S) groups is 1. The van der Waals surface area contributed by atoms with Gasteiger partial charge in [0.05, 0.1) is 4.91 Å². The fourth-order valence-electron chi connectivity index (χ4n) is 2.55. The van der Waals surface area contributed by atoms with Crippen molar-refractivity contribution >= 4 is 46.3 Å². The molecule has 4 nitrogen and oxygen atoms in total. The SMILES string of the molecule is CCc1ccc(/C=C2\SC(=S)N(C(C(=O)O)C(C)CC)C2=O)cc1. The lowest BCUT2D eigenvalue weighted by Crippen LogP contribution is -2.47. The van der Waals surface area contributed by atoms with E-state index in [1.807, 2.05) is 38.1 Å². The molecule has 1 N–H and O–H groups in total. The molecule has 6 heteroatoms. The fourth-order valence-corrected chi connectivity index (χ4v) is 3.88. The van der Waals surface area contributed by atoms with E-state index in [1.54, 1.807) is 6.08 Å². The van der Waals surface area contributed by atoms with Crippen LogP contribution in [0.1, 0.15) is 38.3 Å². The number of rotatable bonds is 6. The van der Waals surface area contributed by atoms with E-state index in [9.17, 15) is 14.7 Å².